The maximum Gasteiger partial charge on any atom is 0.191 e. The second-order valence-corrected chi connectivity index (χ2v) is 5.86. The number of hydrogen-bond donors (Lipinski definition) is 3. The summed E-state index contributed by atoms with van der Waals surface area (Å²) in [6, 6.07) is 11.8. The summed E-state index contributed by atoms with van der Waals surface area (Å²) in [5.41, 5.74) is 0.670. The predicted molar refractivity (Wildman–Crippen MR) is 97.2 cm³/mol. The summed E-state index contributed by atoms with van der Waals surface area (Å²) in [6.07, 6.45) is -0.139. The SMILES string of the molecule is CCNC(=NCc1ccc(O)c(F)c1)NCC1COc2ccccc2O1. The van der Waals surface area contributed by atoms with Crippen LogP contribution in [0.5, 0.6) is 17.2 Å². The first-order valence-electron chi connectivity index (χ1n) is 8.53. The van der Waals surface area contributed by atoms with E-state index in [-0.39, 0.29) is 18.4 Å². The molecule has 0 radical (unpaired) electrons. The summed E-state index contributed by atoms with van der Waals surface area (Å²) in [4.78, 5) is 4.43. The van der Waals surface area contributed by atoms with Crippen LogP contribution in [0.15, 0.2) is 47.5 Å². The first-order chi connectivity index (χ1) is 12.7. The molecule has 1 aliphatic rings. The molecule has 0 spiro atoms. The molecule has 0 aliphatic carbocycles. The lowest BCUT2D eigenvalue weighted by atomic mass is 10.2. The molecule has 2 aromatic rings. The Morgan fingerprint density at radius 1 is 1.23 bits per heavy atom. The van der Waals surface area contributed by atoms with Crippen molar-refractivity contribution in [2.75, 3.05) is 19.7 Å². The van der Waals surface area contributed by atoms with E-state index in [1.165, 1.54) is 12.1 Å². The van der Waals surface area contributed by atoms with Gasteiger partial charge < -0.3 is 25.2 Å². The van der Waals surface area contributed by atoms with Crippen LogP contribution in [-0.2, 0) is 6.54 Å². The summed E-state index contributed by atoms with van der Waals surface area (Å²) < 4.78 is 25.0. The van der Waals surface area contributed by atoms with E-state index in [1.807, 2.05) is 31.2 Å². The molecule has 0 aromatic heterocycles. The number of para-hydroxylation sites is 2. The summed E-state index contributed by atoms with van der Waals surface area (Å²) in [5.74, 6) is 1.06. The number of benzene rings is 2. The third-order valence-electron chi connectivity index (χ3n) is 3.84. The van der Waals surface area contributed by atoms with E-state index in [2.05, 4.69) is 15.6 Å². The zero-order valence-corrected chi connectivity index (χ0v) is 14.5. The molecule has 26 heavy (non-hydrogen) atoms. The second kappa shape index (κ2) is 8.42. The number of phenolic OH excluding ortho intramolecular Hbond substituents is 1. The van der Waals surface area contributed by atoms with E-state index in [0.29, 0.717) is 31.2 Å². The van der Waals surface area contributed by atoms with Gasteiger partial charge in [0.2, 0.25) is 0 Å². The number of rotatable bonds is 5. The summed E-state index contributed by atoms with van der Waals surface area (Å²) in [5, 5.41) is 15.6. The highest BCUT2D eigenvalue weighted by Gasteiger charge is 2.20. The van der Waals surface area contributed by atoms with Gasteiger partial charge in [0.25, 0.3) is 0 Å². The van der Waals surface area contributed by atoms with Gasteiger partial charge in [0.1, 0.15) is 12.7 Å². The Hall–Kier alpha value is -2.96. The van der Waals surface area contributed by atoms with Crippen LogP contribution < -0.4 is 20.1 Å². The zero-order chi connectivity index (χ0) is 18.4. The molecule has 3 N–H and O–H groups in total. The maximum absolute atomic E-state index is 13.4. The molecule has 1 aliphatic heterocycles. The van der Waals surface area contributed by atoms with Crippen molar-refractivity contribution in [1.82, 2.24) is 10.6 Å². The van der Waals surface area contributed by atoms with E-state index in [1.54, 1.807) is 6.07 Å². The minimum absolute atomic E-state index is 0.139. The molecular formula is C19H22FN3O3. The van der Waals surface area contributed by atoms with Crippen LogP contribution in [0, 0.1) is 5.82 Å². The van der Waals surface area contributed by atoms with Crippen molar-refractivity contribution in [3.63, 3.8) is 0 Å². The van der Waals surface area contributed by atoms with Gasteiger partial charge in [-0.15, -0.1) is 0 Å². The topological polar surface area (TPSA) is 75.1 Å². The lowest BCUT2D eigenvalue weighted by Crippen LogP contribution is -2.45. The summed E-state index contributed by atoms with van der Waals surface area (Å²) in [6.45, 7) is 3.92. The molecule has 3 rings (SSSR count). The molecule has 0 fully saturated rings. The van der Waals surface area contributed by atoms with Crippen LogP contribution in [-0.4, -0.2) is 36.9 Å². The lowest BCUT2D eigenvalue weighted by Gasteiger charge is -2.27. The lowest BCUT2D eigenvalue weighted by molar-refractivity contribution is 0.0936. The van der Waals surface area contributed by atoms with Crippen molar-refractivity contribution in [2.45, 2.75) is 19.6 Å². The van der Waals surface area contributed by atoms with Gasteiger partial charge in [-0.25, -0.2) is 9.38 Å². The first-order valence-corrected chi connectivity index (χ1v) is 8.53. The van der Waals surface area contributed by atoms with Gasteiger partial charge in [-0.05, 0) is 36.8 Å². The molecule has 138 valence electrons. The molecule has 0 saturated carbocycles. The largest absolute Gasteiger partial charge is 0.505 e. The Morgan fingerprint density at radius 3 is 2.81 bits per heavy atom. The van der Waals surface area contributed by atoms with Gasteiger partial charge in [0.15, 0.2) is 29.0 Å². The number of halogens is 1. The van der Waals surface area contributed by atoms with Crippen LogP contribution in [0.3, 0.4) is 0 Å². The van der Waals surface area contributed by atoms with Crippen LogP contribution in [0.2, 0.25) is 0 Å². The predicted octanol–water partition coefficient (Wildman–Crippen LogP) is 2.43. The molecule has 6 nitrogen and oxygen atoms in total. The highest BCUT2D eigenvalue weighted by atomic mass is 19.1. The van der Waals surface area contributed by atoms with Crippen molar-refractivity contribution in [1.29, 1.82) is 0 Å². The number of ether oxygens (including phenoxy) is 2. The van der Waals surface area contributed by atoms with Crippen LogP contribution in [0.25, 0.3) is 0 Å². The third kappa shape index (κ3) is 4.56. The number of aromatic hydroxyl groups is 1. The molecule has 1 atom stereocenters. The van der Waals surface area contributed by atoms with Gasteiger partial charge in [0.05, 0.1) is 13.1 Å². The normalized spacial score (nSPS) is 16.2. The van der Waals surface area contributed by atoms with E-state index in [4.69, 9.17) is 9.47 Å². The number of nitrogens with zero attached hydrogens (tertiary/aromatic N) is 1. The van der Waals surface area contributed by atoms with Crippen molar-refractivity contribution >= 4 is 5.96 Å². The monoisotopic (exact) mass is 359 g/mol. The van der Waals surface area contributed by atoms with Crippen molar-refractivity contribution in [3.8, 4) is 17.2 Å². The summed E-state index contributed by atoms with van der Waals surface area (Å²) in [7, 11) is 0. The Balaban J connectivity index is 1.57. The number of nitrogens with one attached hydrogen (secondary N) is 2. The van der Waals surface area contributed by atoms with Gasteiger partial charge in [-0.3, -0.25) is 0 Å². The fourth-order valence-electron chi connectivity index (χ4n) is 2.54. The zero-order valence-electron chi connectivity index (χ0n) is 14.5. The number of phenols is 1. The summed E-state index contributed by atoms with van der Waals surface area (Å²) >= 11 is 0. The smallest absolute Gasteiger partial charge is 0.191 e. The van der Waals surface area contributed by atoms with Gasteiger partial charge in [0, 0.05) is 6.54 Å². The molecule has 0 bridgehead atoms. The molecule has 0 amide bonds. The molecule has 0 saturated heterocycles. The van der Waals surface area contributed by atoms with Crippen molar-refractivity contribution in [2.24, 2.45) is 4.99 Å². The molecule has 1 heterocycles. The molecule has 2 aromatic carbocycles. The van der Waals surface area contributed by atoms with E-state index >= 15 is 0 Å². The highest BCUT2D eigenvalue weighted by molar-refractivity contribution is 5.79. The molecule has 1 unspecified atom stereocenters. The second-order valence-electron chi connectivity index (χ2n) is 5.86. The third-order valence-corrected chi connectivity index (χ3v) is 3.84. The number of aliphatic imine (C=N–C) groups is 1. The average molecular weight is 359 g/mol. The first kappa shape index (κ1) is 17.8. The van der Waals surface area contributed by atoms with Gasteiger partial charge in [-0.2, -0.15) is 0 Å². The van der Waals surface area contributed by atoms with Crippen LogP contribution in [0.1, 0.15) is 12.5 Å². The molecular weight excluding hydrogens is 337 g/mol. The van der Waals surface area contributed by atoms with Gasteiger partial charge >= 0.3 is 0 Å². The quantitative estimate of drug-likeness (QED) is 0.565. The van der Waals surface area contributed by atoms with E-state index in [9.17, 15) is 9.50 Å². The Labute approximate surface area is 151 Å². The Morgan fingerprint density at radius 2 is 2.04 bits per heavy atom. The number of guanidine groups is 1. The Kier molecular flexibility index (Phi) is 5.78. The minimum Gasteiger partial charge on any atom is -0.505 e. The standard InChI is InChI=1S/C19H22FN3O3/c1-2-21-19(22-10-13-7-8-16(24)15(20)9-13)23-11-14-12-25-17-5-3-4-6-18(17)26-14/h3-9,14,24H,2,10-12H2,1H3,(H2,21,22,23). The van der Waals surface area contributed by atoms with Crippen LogP contribution in [0.4, 0.5) is 4.39 Å². The number of fused-ring (bicyclic) bond motifs is 1. The molecule has 7 heteroatoms. The number of hydrogen-bond acceptors (Lipinski definition) is 4. The fourth-order valence-corrected chi connectivity index (χ4v) is 2.54. The fraction of sp³-hybridized carbons (Fsp3) is 0.316. The van der Waals surface area contributed by atoms with Crippen LogP contribution >= 0.6 is 0 Å². The highest BCUT2D eigenvalue weighted by Crippen LogP contribution is 2.30. The van der Waals surface area contributed by atoms with Crippen molar-refractivity contribution < 1.29 is 19.0 Å². The maximum atomic E-state index is 13.4. The van der Waals surface area contributed by atoms with E-state index in [0.717, 1.165) is 11.5 Å². The van der Waals surface area contributed by atoms with Crippen molar-refractivity contribution in [3.05, 3.63) is 53.8 Å². The average Bonchev–Trinajstić information content (AvgIpc) is 2.66. The Bertz CT molecular complexity index is 782. The van der Waals surface area contributed by atoms with E-state index < -0.39 is 5.82 Å². The minimum atomic E-state index is -0.651. The van der Waals surface area contributed by atoms with Gasteiger partial charge in [-0.1, -0.05) is 18.2 Å².